The van der Waals surface area contributed by atoms with Gasteiger partial charge in [-0.1, -0.05) is 26.0 Å². The molecule has 4 nitrogen and oxygen atoms in total. The minimum atomic E-state index is -3.11. The molecular weight excluding hydrogens is 303 g/mol. The Bertz CT molecular complexity index is 589. The normalized spacial score (nSPS) is 25.1. The molecule has 1 aromatic rings. The van der Waals surface area contributed by atoms with Crippen LogP contribution in [0.2, 0.25) is 0 Å². The first kappa shape index (κ1) is 17.4. The molecule has 22 heavy (non-hydrogen) atoms. The van der Waals surface area contributed by atoms with Crippen molar-refractivity contribution >= 4 is 10.0 Å². The van der Waals surface area contributed by atoms with Crippen LogP contribution in [-0.4, -0.2) is 38.1 Å². The molecule has 3 atom stereocenters. The van der Waals surface area contributed by atoms with Crippen molar-refractivity contribution in [2.75, 3.05) is 19.3 Å². The Hall–Kier alpha value is -0.980. The summed E-state index contributed by atoms with van der Waals surface area (Å²) in [5.74, 6) is 0.0198. The highest BCUT2D eigenvalue weighted by molar-refractivity contribution is 7.88. The van der Waals surface area contributed by atoms with Gasteiger partial charge in [-0.05, 0) is 36.5 Å². The van der Waals surface area contributed by atoms with Crippen molar-refractivity contribution in [1.82, 2.24) is 9.62 Å². The minimum Gasteiger partial charge on any atom is -0.307 e. The van der Waals surface area contributed by atoms with Gasteiger partial charge in [0, 0.05) is 25.2 Å². The molecule has 0 spiro atoms. The molecule has 0 unspecified atom stereocenters. The molecule has 0 bridgehead atoms. The smallest absolute Gasteiger partial charge is 0.211 e. The van der Waals surface area contributed by atoms with Crippen LogP contribution in [0.25, 0.3) is 0 Å². The van der Waals surface area contributed by atoms with Crippen LogP contribution < -0.4 is 5.32 Å². The fraction of sp³-hybridized carbons (Fsp3) is 0.625. The van der Waals surface area contributed by atoms with Gasteiger partial charge in [-0.3, -0.25) is 0 Å². The van der Waals surface area contributed by atoms with E-state index in [0.717, 1.165) is 18.4 Å². The SMILES string of the molecule is CC[C@H](N[C@H]1CCN(S(C)(=O)=O)C[C@@H]1C)c1ccc(F)cc1. The van der Waals surface area contributed by atoms with E-state index in [1.807, 2.05) is 12.1 Å². The van der Waals surface area contributed by atoms with Crippen molar-refractivity contribution in [3.8, 4) is 0 Å². The fourth-order valence-corrected chi connectivity index (χ4v) is 4.00. The lowest BCUT2D eigenvalue weighted by atomic mass is 9.93. The van der Waals surface area contributed by atoms with E-state index in [9.17, 15) is 12.8 Å². The third kappa shape index (κ3) is 4.27. The summed E-state index contributed by atoms with van der Waals surface area (Å²) in [6.45, 7) is 5.28. The molecule has 1 aromatic carbocycles. The van der Waals surface area contributed by atoms with E-state index >= 15 is 0 Å². The highest BCUT2D eigenvalue weighted by atomic mass is 32.2. The molecule has 2 rings (SSSR count). The van der Waals surface area contributed by atoms with Crippen molar-refractivity contribution in [2.45, 2.75) is 38.8 Å². The average molecular weight is 328 g/mol. The summed E-state index contributed by atoms with van der Waals surface area (Å²) in [7, 11) is -3.11. The molecule has 1 saturated heterocycles. The summed E-state index contributed by atoms with van der Waals surface area (Å²) in [5.41, 5.74) is 1.07. The van der Waals surface area contributed by atoms with Gasteiger partial charge in [-0.25, -0.2) is 17.1 Å². The van der Waals surface area contributed by atoms with Crippen molar-refractivity contribution < 1.29 is 12.8 Å². The molecule has 6 heteroatoms. The maximum Gasteiger partial charge on any atom is 0.211 e. The van der Waals surface area contributed by atoms with Crippen molar-refractivity contribution in [2.24, 2.45) is 5.92 Å². The van der Waals surface area contributed by atoms with E-state index in [2.05, 4.69) is 19.2 Å². The van der Waals surface area contributed by atoms with Crippen LogP contribution in [0, 0.1) is 11.7 Å². The number of hydrogen-bond acceptors (Lipinski definition) is 3. The van der Waals surface area contributed by atoms with Gasteiger partial charge in [0.1, 0.15) is 5.82 Å². The number of halogens is 1. The van der Waals surface area contributed by atoms with Crippen molar-refractivity contribution in [3.63, 3.8) is 0 Å². The molecule has 0 amide bonds. The van der Waals surface area contributed by atoms with E-state index in [1.54, 1.807) is 4.31 Å². The number of nitrogens with one attached hydrogen (secondary N) is 1. The maximum absolute atomic E-state index is 13.0. The first-order chi connectivity index (χ1) is 10.3. The molecular formula is C16H25FN2O2S. The number of hydrogen-bond donors (Lipinski definition) is 1. The summed E-state index contributed by atoms with van der Waals surface area (Å²) in [4.78, 5) is 0. The average Bonchev–Trinajstić information content (AvgIpc) is 2.46. The zero-order valence-corrected chi connectivity index (χ0v) is 14.2. The van der Waals surface area contributed by atoms with Gasteiger partial charge in [-0.15, -0.1) is 0 Å². The van der Waals surface area contributed by atoms with Crippen LogP contribution in [-0.2, 0) is 10.0 Å². The number of benzene rings is 1. The third-order valence-corrected chi connectivity index (χ3v) is 5.70. The Morgan fingerprint density at radius 1 is 1.36 bits per heavy atom. The van der Waals surface area contributed by atoms with E-state index in [-0.39, 0.29) is 23.8 Å². The van der Waals surface area contributed by atoms with Crippen molar-refractivity contribution in [1.29, 1.82) is 0 Å². The molecule has 0 aromatic heterocycles. The zero-order chi connectivity index (χ0) is 16.3. The topological polar surface area (TPSA) is 49.4 Å². The molecule has 1 heterocycles. The van der Waals surface area contributed by atoms with Crippen LogP contribution in [0.5, 0.6) is 0 Å². The highest BCUT2D eigenvalue weighted by Gasteiger charge is 2.31. The molecule has 0 saturated carbocycles. The number of piperidine rings is 1. The largest absolute Gasteiger partial charge is 0.307 e. The van der Waals surface area contributed by atoms with E-state index in [4.69, 9.17) is 0 Å². The summed E-state index contributed by atoms with van der Waals surface area (Å²) in [5, 5.41) is 3.62. The lowest BCUT2D eigenvalue weighted by molar-refractivity contribution is 0.206. The van der Waals surface area contributed by atoms with E-state index < -0.39 is 10.0 Å². The monoisotopic (exact) mass is 328 g/mol. The lowest BCUT2D eigenvalue weighted by Crippen LogP contribution is -2.50. The van der Waals surface area contributed by atoms with Crippen LogP contribution in [0.4, 0.5) is 4.39 Å². The molecule has 1 fully saturated rings. The number of nitrogens with zero attached hydrogens (tertiary/aromatic N) is 1. The predicted octanol–water partition coefficient (Wildman–Crippen LogP) is 2.54. The van der Waals surface area contributed by atoms with E-state index in [1.165, 1.54) is 18.4 Å². The Kier molecular flexibility index (Phi) is 5.58. The van der Waals surface area contributed by atoms with Gasteiger partial charge in [0.25, 0.3) is 0 Å². The minimum absolute atomic E-state index is 0.165. The Labute approximate surface area is 132 Å². The molecule has 124 valence electrons. The van der Waals surface area contributed by atoms with Gasteiger partial charge in [0.05, 0.1) is 6.26 Å². The molecule has 1 aliphatic heterocycles. The standard InChI is InChI=1S/C16H25FN2O2S/c1-4-15(13-5-7-14(17)8-6-13)18-16-9-10-19(11-12(16)2)22(3,20)21/h5-8,12,15-16,18H,4,9-11H2,1-3H3/t12-,15-,16-/m0/s1. The highest BCUT2D eigenvalue weighted by Crippen LogP contribution is 2.24. The van der Waals surface area contributed by atoms with Gasteiger partial charge in [-0.2, -0.15) is 0 Å². The Morgan fingerprint density at radius 3 is 2.50 bits per heavy atom. The second-order valence-corrected chi connectivity index (χ2v) is 8.15. The molecule has 0 aliphatic carbocycles. The van der Waals surface area contributed by atoms with Gasteiger partial charge in [0.15, 0.2) is 0 Å². The number of sulfonamides is 1. The lowest BCUT2D eigenvalue weighted by Gasteiger charge is -2.38. The quantitative estimate of drug-likeness (QED) is 0.904. The van der Waals surface area contributed by atoms with Crippen molar-refractivity contribution in [3.05, 3.63) is 35.6 Å². The summed E-state index contributed by atoms with van der Waals surface area (Å²) < 4.78 is 37.9. The molecule has 1 aliphatic rings. The van der Waals surface area contributed by atoms with Crippen LogP contribution in [0.1, 0.15) is 38.3 Å². The second kappa shape index (κ2) is 7.06. The van der Waals surface area contributed by atoms with E-state index in [0.29, 0.717) is 13.1 Å². The first-order valence-corrected chi connectivity index (χ1v) is 9.62. The van der Waals surface area contributed by atoms with Gasteiger partial charge < -0.3 is 5.32 Å². The summed E-state index contributed by atoms with van der Waals surface area (Å²) in [6, 6.07) is 7.02. The van der Waals surface area contributed by atoms with Crippen LogP contribution in [0.3, 0.4) is 0 Å². The third-order valence-electron chi connectivity index (χ3n) is 4.43. The number of rotatable bonds is 5. The Morgan fingerprint density at radius 2 is 2.00 bits per heavy atom. The summed E-state index contributed by atoms with van der Waals surface area (Å²) >= 11 is 0. The van der Waals surface area contributed by atoms with Crippen LogP contribution in [0.15, 0.2) is 24.3 Å². The predicted molar refractivity (Wildman–Crippen MR) is 86.6 cm³/mol. The zero-order valence-electron chi connectivity index (χ0n) is 13.4. The maximum atomic E-state index is 13.0. The second-order valence-electron chi connectivity index (χ2n) is 6.17. The summed E-state index contributed by atoms with van der Waals surface area (Å²) in [6.07, 6.45) is 2.97. The Balaban J connectivity index is 2.02. The van der Waals surface area contributed by atoms with Gasteiger partial charge in [0.2, 0.25) is 10.0 Å². The molecule has 1 N–H and O–H groups in total. The molecule has 0 radical (unpaired) electrons. The van der Waals surface area contributed by atoms with Crippen LogP contribution >= 0.6 is 0 Å². The fourth-order valence-electron chi connectivity index (χ4n) is 3.06. The first-order valence-electron chi connectivity index (χ1n) is 7.78. The van der Waals surface area contributed by atoms with Gasteiger partial charge >= 0.3 is 0 Å².